The number of carbonyl (C=O) groups is 2. The number of amides is 2. The SMILES string of the molecule is COCC(=O)Nc1nc2c(s1)C[C@@H]1[C@](C)(CO)[C@H](O)CC[C@@]1(C)[C@@H]2CC(=O)NCc1ccco1. The monoisotopic (exact) mass is 491 g/mol. The van der Waals surface area contributed by atoms with Gasteiger partial charge in [0.25, 0.3) is 5.91 Å². The van der Waals surface area contributed by atoms with Crippen LogP contribution in [0.15, 0.2) is 22.8 Å². The fourth-order valence-electron chi connectivity index (χ4n) is 5.84. The van der Waals surface area contributed by atoms with Crippen molar-refractivity contribution in [3.63, 3.8) is 0 Å². The molecule has 2 aliphatic rings. The molecule has 0 aliphatic heterocycles. The number of aliphatic hydroxyl groups excluding tert-OH is 2. The first kappa shape index (κ1) is 24.8. The quantitative estimate of drug-likeness (QED) is 0.446. The van der Waals surface area contributed by atoms with E-state index in [9.17, 15) is 19.8 Å². The Morgan fingerprint density at radius 2 is 2.15 bits per heavy atom. The molecule has 186 valence electrons. The maximum Gasteiger partial charge on any atom is 0.252 e. The number of methoxy groups -OCH3 is 1. The number of fused-ring (bicyclic) bond motifs is 2. The molecule has 4 N–H and O–H groups in total. The van der Waals surface area contributed by atoms with Crippen LogP contribution in [0.1, 0.15) is 55.4 Å². The van der Waals surface area contributed by atoms with Crippen molar-refractivity contribution >= 4 is 28.3 Å². The number of rotatable bonds is 8. The van der Waals surface area contributed by atoms with Crippen molar-refractivity contribution in [2.24, 2.45) is 16.7 Å². The van der Waals surface area contributed by atoms with E-state index in [1.54, 1.807) is 18.4 Å². The third-order valence-electron chi connectivity index (χ3n) is 7.84. The third kappa shape index (κ3) is 4.51. The lowest BCUT2D eigenvalue weighted by molar-refractivity contribution is -0.144. The second-order valence-electron chi connectivity index (χ2n) is 9.90. The summed E-state index contributed by atoms with van der Waals surface area (Å²) >= 11 is 1.39. The molecule has 34 heavy (non-hydrogen) atoms. The minimum atomic E-state index is -0.697. The van der Waals surface area contributed by atoms with E-state index < -0.39 is 11.5 Å². The second-order valence-corrected chi connectivity index (χ2v) is 11.0. The number of hydrogen-bond donors (Lipinski definition) is 4. The highest BCUT2D eigenvalue weighted by atomic mass is 32.1. The molecule has 0 unspecified atom stereocenters. The molecular weight excluding hydrogens is 458 g/mol. The highest BCUT2D eigenvalue weighted by Gasteiger charge is 2.59. The van der Waals surface area contributed by atoms with Gasteiger partial charge >= 0.3 is 0 Å². The molecule has 2 heterocycles. The molecule has 2 amide bonds. The zero-order valence-corrected chi connectivity index (χ0v) is 20.6. The average Bonchev–Trinajstić information content (AvgIpc) is 3.46. The Balaban J connectivity index is 1.65. The van der Waals surface area contributed by atoms with Crippen LogP contribution in [0.25, 0.3) is 0 Å². The van der Waals surface area contributed by atoms with Gasteiger partial charge in [0, 0.05) is 29.7 Å². The molecule has 0 aromatic carbocycles. The number of anilines is 1. The first-order valence-corrected chi connectivity index (χ1v) is 12.4. The lowest BCUT2D eigenvalue weighted by atomic mass is 9.47. The van der Waals surface area contributed by atoms with E-state index >= 15 is 0 Å². The van der Waals surface area contributed by atoms with Crippen molar-refractivity contribution in [3.8, 4) is 0 Å². The standard InChI is InChI=1S/C24H33N3O6S/c1-23-7-6-18(29)24(2,13-28)17(23)10-16-21(27-22(34-16)26-20(31)12-32-3)15(23)9-19(30)25-11-14-5-4-8-33-14/h4-5,8,15,17-18,28-29H,6-7,9-13H2,1-3H3,(H,25,30)(H,26,27,31)/t15-,17+,18-,23+,24+/m1/s1. The summed E-state index contributed by atoms with van der Waals surface area (Å²) in [5.74, 6) is -0.00975. The summed E-state index contributed by atoms with van der Waals surface area (Å²) in [4.78, 5) is 30.8. The van der Waals surface area contributed by atoms with Gasteiger partial charge in [-0.25, -0.2) is 4.98 Å². The van der Waals surface area contributed by atoms with E-state index in [2.05, 4.69) is 17.6 Å². The van der Waals surface area contributed by atoms with E-state index in [1.807, 2.05) is 6.92 Å². The fraction of sp³-hybridized carbons (Fsp3) is 0.625. The van der Waals surface area contributed by atoms with Crippen LogP contribution in [-0.2, 0) is 27.3 Å². The van der Waals surface area contributed by atoms with Crippen LogP contribution in [0.2, 0.25) is 0 Å². The Morgan fingerprint density at radius 1 is 1.35 bits per heavy atom. The summed E-state index contributed by atoms with van der Waals surface area (Å²) in [6.07, 6.45) is 3.05. The Labute approximate surface area is 202 Å². The van der Waals surface area contributed by atoms with Crippen LogP contribution in [0.3, 0.4) is 0 Å². The summed E-state index contributed by atoms with van der Waals surface area (Å²) in [6.45, 7) is 4.16. The predicted octanol–water partition coefficient (Wildman–Crippen LogP) is 2.44. The molecule has 1 saturated carbocycles. The number of carbonyl (C=O) groups excluding carboxylic acids is 2. The molecule has 4 rings (SSSR count). The Morgan fingerprint density at radius 3 is 2.82 bits per heavy atom. The van der Waals surface area contributed by atoms with Gasteiger partial charge in [0.05, 0.1) is 31.2 Å². The zero-order valence-electron chi connectivity index (χ0n) is 19.8. The smallest absolute Gasteiger partial charge is 0.252 e. The van der Waals surface area contributed by atoms with Gasteiger partial charge in [-0.1, -0.05) is 13.8 Å². The summed E-state index contributed by atoms with van der Waals surface area (Å²) in [7, 11) is 1.45. The second kappa shape index (κ2) is 9.77. The molecule has 9 nitrogen and oxygen atoms in total. The highest BCUT2D eigenvalue weighted by molar-refractivity contribution is 7.15. The van der Waals surface area contributed by atoms with Crippen molar-refractivity contribution in [2.45, 2.75) is 58.1 Å². The molecule has 5 atom stereocenters. The number of hydrogen-bond acceptors (Lipinski definition) is 8. The average molecular weight is 492 g/mol. The number of aromatic nitrogens is 1. The van der Waals surface area contributed by atoms with Gasteiger partial charge in [-0.2, -0.15) is 0 Å². The summed E-state index contributed by atoms with van der Waals surface area (Å²) in [6, 6.07) is 3.58. The van der Waals surface area contributed by atoms with Crippen molar-refractivity contribution in [1.82, 2.24) is 10.3 Å². The summed E-state index contributed by atoms with van der Waals surface area (Å²) in [5, 5.41) is 27.4. The van der Waals surface area contributed by atoms with Gasteiger partial charge in [-0.05, 0) is 42.7 Å². The van der Waals surface area contributed by atoms with E-state index in [4.69, 9.17) is 14.1 Å². The molecule has 0 spiro atoms. The summed E-state index contributed by atoms with van der Waals surface area (Å²) < 4.78 is 10.2. The van der Waals surface area contributed by atoms with Crippen LogP contribution < -0.4 is 10.6 Å². The Hall–Kier alpha value is -2.27. The molecule has 0 saturated heterocycles. The largest absolute Gasteiger partial charge is 0.467 e. The minimum Gasteiger partial charge on any atom is -0.467 e. The predicted molar refractivity (Wildman–Crippen MR) is 126 cm³/mol. The molecule has 0 radical (unpaired) electrons. The van der Waals surface area contributed by atoms with Gasteiger partial charge in [-0.15, -0.1) is 11.3 Å². The lowest BCUT2D eigenvalue weighted by Gasteiger charge is -2.58. The van der Waals surface area contributed by atoms with Gasteiger partial charge in [0.2, 0.25) is 5.91 Å². The first-order valence-electron chi connectivity index (χ1n) is 11.6. The third-order valence-corrected chi connectivity index (χ3v) is 8.85. The van der Waals surface area contributed by atoms with Crippen molar-refractivity contribution < 1.29 is 29.0 Å². The first-order chi connectivity index (χ1) is 16.2. The van der Waals surface area contributed by atoms with E-state index in [-0.39, 0.29) is 48.7 Å². The van der Waals surface area contributed by atoms with Crippen LogP contribution in [0, 0.1) is 16.7 Å². The Bertz CT molecular complexity index is 1020. The van der Waals surface area contributed by atoms with Gasteiger partial charge in [0.15, 0.2) is 5.13 Å². The van der Waals surface area contributed by atoms with E-state index in [1.165, 1.54) is 18.4 Å². The van der Waals surface area contributed by atoms with Crippen molar-refractivity contribution in [1.29, 1.82) is 0 Å². The normalized spacial score (nSPS) is 30.3. The number of ether oxygens (including phenoxy) is 1. The van der Waals surface area contributed by atoms with Gasteiger partial charge < -0.3 is 24.7 Å². The summed E-state index contributed by atoms with van der Waals surface area (Å²) in [5.41, 5.74) is -0.230. The van der Waals surface area contributed by atoms with Gasteiger partial charge in [-0.3, -0.25) is 14.9 Å². The number of nitrogens with zero attached hydrogens (tertiary/aromatic N) is 1. The number of aliphatic hydroxyl groups is 2. The molecule has 0 bridgehead atoms. The maximum atomic E-state index is 13.0. The molecule has 10 heteroatoms. The van der Waals surface area contributed by atoms with Crippen LogP contribution >= 0.6 is 11.3 Å². The molecule has 1 fully saturated rings. The molecule has 2 aliphatic carbocycles. The van der Waals surface area contributed by atoms with E-state index in [0.717, 1.165) is 10.6 Å². The Kier molecular flexibility index (Phi) is 7.14. The minimum absolute atomic E-state index is 0.0490. The van der Waals surface area contributed by atoms with E-state index in [0.29, 0.717) is 36.7 Å². The van der Waals surface area contributed by atoms with Crippen LogP contribution in [-0.4, -0.2) is 53.4 Å². The molecule has 2 aromatic rings. The number of nitrogens with one attached hydrogen (secondary N) is 2. The fourth-order valence-corrected chi connectivity index (χ4v) is 6.93. The topological polar surface area (TPSA) is 134 Å². The van der Waals surface area contributed by atoms with Crippen molar-refractivity contribution in [2.75, 3.05) is 25.6 Å². The highest BCUT2D eigenvalue weighted by Crippen LogP contribution is 2.62. The lowest BCUT2D eigenvalue weighted by Crippen LogP contribution is -2.57. The van der Waals surface area contributed by atoms with Gasteiger partial charge in [0.1, 0.15) is 12.4 Å². The maximum absolute atomic E-state index is 13.0. The zero-order chi connectivity index (χ0) is 24.5. The molecular formula is C24H33N3O6S. The van der Waals surface area contributed by atoms with Crippen LogP contribution in [0.4, 0.5) is 5.13 Å². The molecule has 2 aromatic heterocycles. The number of furan rings is 1. The van der Waals surface area contributed by atoms with Crippen molar-refractivity contribution in [3.05, 3.63) is 34.7 Å². The van der Waals surface area contributed by atoms with Crippen LogP contribution in [0.5, 0.6) is 0 Å². The number of thiazole rings is 1.